The Morgan fingerprint density at radius 3 is 2.14 bits per heavy atom. The van der Waals surface area contributed by atoms with Gasteiger partial charge < -0.3 is 30.1 Å². The van der Waals surface area contributed by atoms with Gasteiger partial charge in [-0.1, -0.05) is 68.7 Å². The standard InChI is InChI=1S/C35H45N3O6/c1-6-7-8-12-23-38(31(26-13-10-9-11-14-26)32(40)36-27-17-21-29(43-5)22-18-27)33(41)30(37-34(42)44-35(2,3)4)24-25-15-19-28(39)20-16-25/h9-11,13-22,30-31,39H,6-8,12,23-24H2,1-5H3,(H,36,40)(H,37,42). The monoisotopic (exact) mass is 603 g/mol. The molecule has 0 heterocycles. The number of hydrogen-bond donors (Lipinski definition) is 3. The van der Waals surface area contributed by atoms with E-state index in [9.17, 15) is 19.5 Å². The van der Waals surface area contributed by atoms with E-state index >= 15 is 0 Å². The van der Waals surface area contributed by atoms with Gasteiger partial charge in [-0.3, -0.25) is 9.59 Å². The van der Waals surface area contributed by atoms with Crippen LogP contribution in [0.3, 0.4) is 0 Å². The van der Waals surface area contributed by atoms with Crippen LogP contribution in [0.15, 0.2) is 78.9 Å². The number of alkyl carbamates (subject to hydrolysis) is 1. The van der Waals surface area contributed by atoms with E-state index in [0.717, 1.165) is 24.8 Å². The topological polar surface area (TPSA) is 117 Å². The van der Waals surface area contributed by atoms with E-state index in [-0.39, 0.29) is 18.1 Å². The molecule has 0 saturated carbocycles. The highest BCUT2D eigenvalue weighted by Gasteiger charge is 2.36. The second-order valence-corrected chi connectivity index (χ2v) is 11.7. The zero-order valence-corrected chi connectivity index (χ0v) is 26.3. The van der Waals surface area contributed by atoms with E-state index in [0.29, 0.717) is 30.0 Å². The van der Waals surface area contributed by atoms with Crippen LogP contribution in [0.25, 0.3) is 0 Å². The van der Waals surface area contributed by atoms with Gasteiger partial charge in [0.15, 0.2) is 0 Å². The van der Waals surface area contributed by atoms with Crippen LogP contribution in [-0.2, 0) is 20.7 Å². The number of unbranched alkanes of at least 4 members (excludes halogenated alkanes) is 3. The third-order valence-electron chi connectivity index (χ3n) is 6.93. The van der Waals surface area contributed by atoms with E-state index in [1.165, 1.54) is 12.1 Å². The van der Waals surface area contributed by atoms with Crippen LogP contribution in [0.5, 0.6) is 11.5 Å². The number of carbonyl (C=O) groups is 3. The highest BCUT2D eigenvalue weighted by Crippen LogP contribution is 2.27. The summed E-state index contributed by atoms with van der Waals surface area (Å²) in [7, 11) is 1.57. The molecule has 2 unspecified atom stereocenters. The number of amides is 3. The molecule has 236 valence electrons. The van der Waals surface area contributed by atoms with Crippen LogP contribution in [0.1, 0.15) is 70.5 Å². The number of ether oxygens (including phenoxy) is 2. The van der Waals surface area contributed by atoms with E-state index in [2.05, 4.69) is 17.6 Å². The van der Waals surface area contributed by atoms with Crippen molar-refractivity contribution in [3.8, 4) is 11.5 Å². The minimum Gasteiger partial charge on any atom is -0.508 e. The summed E-state index contributed by atoms with van der Waals surface area (Å²) in [5, 5.41) is 15.5. The molecular weight excluding hydrogens is 558 g/mol. The Balaban J connectivity index is 2.03. The van der Waals surface area contributed by atoms with Crippen LogP contribution in [-0.4, -0.2) is 53.2 Å². The first-order valence-corrected chi connectivity index (χ1v) is 15.1. The maximum Gasteiger partial charge on any atom is 0.408 e. The number of nitrogens with zero attached hydrogens (tertiary/aromatic N) is 1. The summed E-state index contributed by atoms with van der Waals surface area (Å²) in [5.74, 6) is -0.0562. The lowest BCUT2D eigenvalue weighted by molar-refractivity contribution is -0.140. The summed E-state index contributed by atoms with van der Waals surface area (Å²) in [6.07, 6.45) is 2.95. The van der Waals surface area contributed by atoms with Crippen LogP contribution >= 0.6 is 0 Å². The smallest absolute Gasteiger partial charge is 0.408 e. The van der Waals surface area contributed by atoms with Gasteiger partial charge in [-0.25, -0.2) is 4.79 Å². The number of anilines is 1. The molecule has 0 fully saturated rings. The fraction of sp³-hybridized carbons (Fsp3) is 0.400. The van der Waals surface area contributed by atoms with Gasteiger partial charge in [-0.2, -0.15) is 0 Å². The van der Waals surface area contributed by atoms with Gasteiger partial charge in [0.05, 0.1) is 7.11 Å². The molecule has 0 aliphatic heterocycles. The van der Waals surface area contributed by atoms with Gasteiger partial charge in [0, 0.05) is 18.7 Å². The molecule has 9 heteroatoms. The van der Waals surface area contributed by atoms with Gasteiger partial charge in [0.25, 0.3) is 5.91 Å². The zero-order valence-electron chi connectivity index (χ0n) is 26.3. The average Bonchev–Trinajstić information content (AvgIpc) is 2.99. The summed E-state index contributed by atoms with van der Waals surface area (Å²) in [6, 6.07) is 20.6. The molecule has 0 aromatic heterocycles. The molecule has 9 nitrogen and oxygen atoms in total. The molecule has 3 rings (SSSR count). The lowest BCUT2D eigenvalue weighted by Crippen LogP contribution is -2.53. The van der Waals surface area contributed by atoms with Crippen molar-refractivity contribution in [2.45, 2.75) is 77.5 Å². The number of methoxy groups -OCH3 is 1. The Bertz CT molecular complexity index is 1340. The number of aromatic hydroxyl groups is 1. The van der Waals surface area contributed by atoms with Crippen LogP contribution in [0.2, 0.25) is 0 Å². The fourth-order valence-electron chi connectivity index (χ4n) is 4.79. The van der Waals surface area contributed by atoms with Crippen molar-refractivity contribution in [1.82, 2.24) is 10.2 Å². The summed E-state index contributed by atoms with van der Waals surface area (Å²) < 4.78 is 10.8. The summed E-state index contributed by atoms with van der Waals surface area (Å²) in [5.41, 5.74) is 1.15. The molecule has 2 atom stereocenters. The number of phenolic OH excluding ortho intramolecular Hbond substituents is 1. The van der Waals surface area contributed by atoms with Gasteiger partial charge in [-0.15, -0.1) is 0 Å². The van der Waals surface area contributed by atoms with Gasteiger partial charge in [0.2, 0.25) is 5.91 Å². The maximum absolute atomic E-state index is 14.5. The number of phenols is 1. The molecule has 3 N–H and O–H groups in total. The first-order chi connectivity index (χ1) is 21.0. The molecule has 0 aliphatic carbocycles. The summed E-state index contributed by atoms with van der Waals surface area (Å²) >= 11 is 0. The molecule has 0 bridgehead atoms. The average molecular weight is 604 g/mol. The first-order valence-electron chi connectivity index (χ1n) is 15.1. The third-order valence-corrected chi connectivity index (χ3v) is 6.93. The van der Waals surface area contributed by atoms with Crippen molar-refractivity contribution >= 4 is 23.6 Å². The Morgan fingerprint density at radius 2 is 1.55 bits per heavy atom. The molecule has 0 saturated heterocycles. The predicted octanol–water partition coefficient (Wildman–Crippen LogP) is 6.63. The minimum atomic E-state index is -1.04. The largest absolute Gasteiger partial charge is 0.508 e. The summed E-state index contributed by atoms with van der Waals surface area (Å²) in [6.45, 7) is 7.65. The van der Waals surface area contributed by atoms with Crippen molar-refractivity contribution in [2.75, 3.05) is 19.0 Å². The van der Waals surface area contributed by atoms with Crippen molar-refractivity contribution < 1.29 is 29.0 Å². The second-order valence-electron chi connectivity index (χ2n) is 11.7. The normalized spacial score (nSPS) is 12.5. The number of rotatable bonds is 14. The molecule has 3 aromatic rings. The van der Waals surface area contributed by atoms with Crippen LogP contribution < -0.4 is 15.4 Å². The molecule has 0 spiro atoms. The van der Waals surface area contributed by atoms with Crippen molar-refractivity contribution in [3.63, 3.8) is 0 Å². The number of nitrogens with one attached hydrogen (secondary N) is 2. The number of benzene rings is 3. The third kappa shape index (κ3) is 10.6. The van der Waals surface area contributed by atoms with Gasteiger partial charge in [0.1, 0.15) is 29.2 Å². The Kier molecular flexibility index (Phi) is 12.6. The minimum absolute atomic E-state index is 0.0913. The Morgan fingerprint density at radius 1 is 0.886 bits per heavy atom. The number of hydrogen-bond acceptors (Lipinski definition) is 6. The Labute approximate surface area is 260 Å². The van der Waals surface area contributed by atoms with Crippen molar-refractivity contribution in [1.29, 1.82) is 0 Å². The molecule has 3 amide bonds. The molecule has 3 aromatic carbocycles. The van der Waals surface area contributed by atoms with Gasteiger partial charge in [-0.05, 0) is 74.7 Å². The quantitative estimate of drug-likeness (QED) is 0.178. The Hall–Kier alpha value is -4.53. The predicted molar refractivity (Wildman–Crippen MR) is 172 cm³/mol. The highest BCUT2D eigenvalue weighted by molar-refractivity contribution is 5.99. The fourth-order valence-corrected chi connectivity index (χ4v) is 4.79. The van der Waals surface area contributed by atoms with Gasteiger partial charge >= 0.3 is 6.09 Å². The van der Waals surface area contributed by atoms with E-state index in [4.69, 9.17) is 9.47 Å². The second kappa shape index (κ2) is 16.4. The van der Waals surface area contributed by atoms with Crippen LogP contribution in [0, 0.1) is 0 Å². The molecular formula is C35H45N3O6. The van der Waals surface area contributed by atoms with E-state index in [1.807, 2.05) is 30.3 Å². The van der Waals surface area contributed by atoms with E-state index < -0.39 is 29.7 Å². The summed E-state index contributed by atoms with van der Waals surface area (Å²) in [4.78, 5) is 43.1. The van der Waals surface area contributed by atoms with Crippen molar-refractivity contribution in [3.05, 3.63) is 90.0 Å². The lowest BCUT2D eigenvalue weighted by Gasteiger charge is -2.34. The maximum atomic E-state index is 14.5. The lowest BCUT2D eigenvalue weighted by atomic mass is 9.99. The number of carbonyl (C=O) groups excluding carboxylic acids is 3. The molecule has 0 aliphatic rings. The first kappa shape index (κ1) is 34.0. The van der Waals surface area contributed by atoms with E-state index in [1.54, 1.807) is 69.2 Å². The molecule has 0 radical (unpaired) electrons. The van der Waals surface area contributed by atoms with Crippen LogP contribution in [0.4, 0.5) is 10.5 Å². The molecule has 44 heavy (non-hydrogen) atoms. The SMILES string of the molecule is CCCCCCN(C(=O)C(Cc1ccc(O)cc1)NC(=O)OC(C)(C)C)C(C(=O)Nc1ccc(OC)cc1)c1ccccc1. The highest BCUT2D eigenvalue weighted by atomic mass is 16.6. The zero-order chi connectivity index (χ0) is 32.1. The van der Waals surface area contributed by atoms with Crippen molar-refractivity contribution in [2.24, 2.45) is 0 Å².